The lowest BCUT2D eigenvalue weighted by Crippen LogP contribution is -2.43. The van der Waals surface area contributed by atoms with E-state index >= 15 is 0 Å². The van der Waals surface area contributed by atoms with Crippen LogP contribution in [-0.4, -0.2) is 48.3 Å². The van der Waals surface area contributed by atoms with Crippen LogP contribution in [0.2, 0.25) is 5.15 Å². The number of hydrogen-bond acceptors (Lipinski definition) is 4. The quantitative estimate of drug-likeness (QED) is 0.695. The second-order valence-corrected chi connectivity index (χ2v) is 8.69. The minimum Gasteiger partial charge on any atom is -0.444 e. The van der Waals surface area contributed by atoms with Crippen LogP contribution in [0.4, 0.5) is 10.6 Å². The van der Waals surface area contributed by atoms with E-state index in [1.54, 1.807) is 11.9 Å². The molecule has 6 heteroatoms. The van der Waals surface area contributed by atoms with Crippen molar-refractivity contribution in [3.63, 3.8) is 0 Å². The van der Waals surface area contributed by atoms with Gasteiger partial charge in [0.2, 0.25) is 0 Å². The lowest BCUT2D eigenvalue weighted by atomic mass is 9.97. The molecule has 3 rings (SSSR count). The van der Waals surface area contributed by atoms with Crippen LogP contribution in [0.3, 0.4) is 0 Å². The Kier molecular flexibility index (Phi) is 5.80. The summed E-state index contributed by atoms with van der Waals surface area (Å²) in [6, 6.07) is 10.1. The third-order valence-electron chi connectivity index (χ3n) is 4.74. The van der Waals surface area contributed by atoms with Gasteiger partial charge in [-0.1, -0.05) is 35.9 Å². The van der Waals surface area contributed by atoms with E-state index in [9.17, 15) is 4.79 Å². The molecule has 1 unspecified atom stereocenters. The van der Waals surface area contributed by atoms with Gasteiger partial charge >= 0.3 is 6.09 Å². The summed E-state index contributed by atoms with van der Waals surface area (Å²) in [6.45, 7) is 8.13. The van der Waals surface area contributed by atoms with Gasteiger partial charge in [-0.05, 0) is 51.0 Å². The molecule has 2 heterocycles. The van der Waals surface area contributed by atoms with Gasteiger partial charge in [-0.15, -0.1) is 0 Å². The van der Waals surface area contributed by atoms with E-state index in [-0.39, 0.29) is 6.09 Å². The largest absolute Gasteiger partial charge is 0.444 e. The second kappa shape index (κ2) is 7.93. The fourth-order valence-corrected chi connectivity index (χ4v) is 3.80. The average Bonchev–Trinajstić information content (AvgIpc) is 2.59. The van der Waals surface area contributed by atoms with E-state index in [1.165, 1.54) is 0 Å². The highest BCUT2D eigenvalue weighted by Gasteiger charge is 2.26. The average molecular weight is 390 g/mol. The summed E-state index contributed by atoms with van der Waals surface area (Å²) in [7, 11) is 1.81. The van der Waals surface area contributed by atoms with Gasteiger partial charge in [-0.3, -0.25) is 0 Å². The zero-order valence-corrected chi connectivity index (χ0v) is 17.3. The Morgan fingerprint density at radius 3 is 2.85 bits per heavy atom. The molecule has 1 aliphatic rings. The number of rotatable bonds is 3. The number of hydrogen-bond donors (Lipinski definition) is 0. The maximum Gasteiger partial charge on any atom is 0.410 e. The Morgan fingerprint density at radius 1 is 1.37 bits per heavy atom. The predicted octanol–water partition coefficient (Wildman–Crippen LogP) is 4.97. The summed E-state index contributed by atoms with van der Waals surface area (Å²) < 4.78 is 5.47. The molecule has 27 heavy (non-hydrogen) atoms. The van der Waals surface area contributed by atoms with Crippen LogP contribution < -0.4 is 4.90 Å². The number of ether oxygens (including phenoxy) is 1. The first kappa shape index (κ1) is 19.7. The molecule has 1 amide bonds. The normalized spacial score (nSPS) is 17.8. The Balaban J connectivity index is 1.73. The van der Waals surface area contributed by atoms with Gasteiger partial charge in [-0.25, -0.2) is 9.78 Å². The number of carbonyl (C=O) groups is 1. The van der Waals surface area contributed by atoms with Crippen LogP contribution in [0, 0.1) is 5.92 Å². The lowest BCUT2D eigenvalue weighted by molar-refractivity contribution is 0.0269. The van der Waals surface area contributed by atoms with Gasteiger partial charge in [0.25, 0.3) is 0 Å². The topological polar surface area (TPSA) is 45.7 Å². The molecule has 1 aromatic heterocycles. The van der Waals surface area contributed by atoms with Crippen molar-refractivity contribution in [2.75, 3.05) is 31.6 Å². The first-order valence-electron chi connectivity index (χ1n) is 9.47. The summed E-state index contributed by atoms with van der Waals surface area (Å²) in [5.74, 6) is 1.30. The maximum absolute atomic E-state index is 12.3. The summed E-state index contributed by atoms with van der Waals surface area (Å²) in [5.41, 5.74) is -0.479. The molecule has 0 radical (unpaired) electrons. The van der Waals surface area contributed by atoms with Gasteiger partial charge in [-0.2, -0.15) is 0 Å². The Labute approximate surface area is 166 Å². The molecule has 5 nitrogen and oxygen atoms in total. The fraction of sp³-hybridized carbons (Fsp3) is 0.524. The number of nitrogens with zero attached hydrogens (tertiary/aromatic N) is 3. The third-order valence-corrected chi connectivity index (χ3v) is 4.94. The van der Waals surface area contributed by atoms with E-state index in [0.717, 1.165) is 42.5 Å². The maximum atomic E-state index is 12.3. The molecule has 0 bridgehead atoms. The lowest BCUT2D eigenvalue weighted by Gasteiger charge is -2.36. The Hall–Kier alpha value is -2.01. The van der Waals surface area contributed by atoms with Crippen molar-refractivity contribution in [3.05, 3.63) is 35.5 Å². The molecule has 0 spiro atoms. The summed E-state index contributed by atoms with van der Waals surface area (Å²) in [4.78, 5) is 20.9. The molecule has 1 fully saturated rings. The van der Waals surface area contributed by atoms with Crippen LogP contribution in [0.25, 0.3) is 10.8 Å². The van der Waals surface area contributed by atoms with E-state index < -0.39 is 5.60 Å². The Morgan fingerprint density at radius 2 is 2.11 bits per heavy atom. The molecule has 1 atom stereocenters. The fourth-order valence-electron chi connectivity index (χ4n) is 3.60. The number of piperidine rings is 1. The van der Waals surface area contributed by atoms with Crippen molar-refractivity contribution in [2.45, 2.75) is 39.2 Å². The summed E-state index contributed by atoms with van der Waals surface area (Å²) >= 11 is 6.26. The van der Waals surface area contributed by atoms with Crippen molar-refractivity contribution < 1.29 is 9.53 Å². The monoisotopic (exact) mass is 389 g/mol. The van der Waals surface area contributed by atoms with E-state index in [2.05, 4.69) is 22.0 Å². The molecule has 2 aromatic rings. The van der Waals surface area contributed by atoms with Crippen LogP contribution in [0.15, 0.2) is 30.3 Å². The van der Waals surface area contributed by atoms with Crippen molar-refractivity contribution in [1.82, 2.24) is 9.88 Å². The first-order valence-corrected chi connectivity index (χ1v) is 9.85. The Bertz CT molecular complexity index is 819. The first-order chi connectivity index (χ1) is 12.7. The van der Waals surface area contributed by atoms with E-state index in [4.69, 9.17) is 16.3 Å². The van der Waals surface area contributed by atoms with Gasteiger partial charge in [0.05, 0.1) is 0 Å². The summed E-state index contributed by atoms with van der Waals surface area (Å²) in [5, 5.41) is 2.72. The van der Waals surface area contributed by atoms with Gasteiger partial charge in [0.1, 0.15) is 16.6 Å². The predicted molar refractivity (Wildman–Crippen MR) is 111 cm³/mol. The highest BCUT2D eigenvalue weighted by atomic mass is 35.5. The van der Waals surface area contributed by atoms with Crippen LogP contribution in [0.1, 0.15) is 33.6 Å². The zero-order chi connectivity index (χ0) is 19.6. The van der Waals surface area contributed by atoms with Crippen LogP contribution in [-0.2, 0) is 4.74 Å². The molecule has 0 aliphatic carbocycles. The second-order valence-electron chi connectivity index (χ2n) is 8.30. The molecule has 1 aliphatic heterocycles. The van der Waals surface area contributed by atoms with Gasteiger partial charge in [0, 0.05) is 32.1 Å². The number of pyridine rings is 1. The van der Waals surface area contributed by atoms with Crippen molar-refractivity contribution in [2.24, 2.45) is 5.92 Å². The van der Waals surface area contributed by atoms with Crippen molar-refractivity contribution in [1.29, 1.82) is 0 Å². The third kappa shape index (κ3) is 5.04. The molecule has 146 valence electrons. The van der Waals surface area contributed by atoms with Crippen LogP contribution in [0.5, 0.6) is 0 Å². The van der Waals surface area contributed by atoms with Crippen molar-refractivity contribution in [3.8, 4) is 0 Å². The van der Waals surface area contributed by atoms with Crippen LogP contribution >= 0.6 is 11.6 Å². The SMILES string of the molecule is CN(CC1CCCN(c2nc(Cl)cc3ccccc23)C1)C(=O)OC(C)(C)C. The molecule has 0 saturated carbocycles. The number of carbonyl (C=O) groups excluding carboxylic acids is 1. The summed E-state index contributed by atoms with van der Waals surface area (Å²) in [6.07, 6.45) is 1.88. The van der Waals surface area contributed by atoms with Gasteiger partial charge < -0.3 is 14.5 Å². The zero-order valence-electron chi connectivity index (χ0n) is 16.5. The number of amides is 1. The van der Waals surface area contributed by atoms with E-state index in [0.29, 0.717) is 17.6 Å². The minimum absolute atomic E-state index is 0.272. The highest BCUT2D eigenvalue weighted by Crippen LogP contribution is 2.31. The molecule has 1 saturated heterocycles. The number of fused-ring (bicyclic) bond motifs is 1. The highest BCUT2D eigenvalue weighted by molar-refractivity contribution is 6.30. The minimum atomic E-state index is -0.479. The smallest absolute Gasteiger partial charge is 0.410 e. The number of anilines is 1. The molecular weight excluding hydrogens is 362 g/mol. The van der Waals surface area contributed by atoms with Gasteiger partial charge in [0.15, 0.2) is 0 Å². The number of benzene rings is 1. The molecular formula is C21H28ClN3O2. The molecule has 1 aromatic carbocycles. The standard InChI is InChI=1S/C21H28ClN3O2/c1-21(2,3)27-20(26)24(4)13-15-8-7-11-25(14-15)19-17-10-6-5-9-16(17)12-18(22)23-19/h5-6,9-10,12,15H,7-8,11,13-14H2,1-4H3. The van der Waals surface area contributed by atoms with E-state index in [1.807, 2.05) is 39.0 Å². The van der Waals surface area contributed by atoms with Crippen molar-refractivity contribution >= 4 is 34.3 Å². The number of halogens is 1. The number of aromatic nitrogens is 1. The molecule has 0 N–H and O–H groups in total.